The highest BCUT2D eigenvalue weighted by Crippen LogP contribution is 2.24. The topological polar surface area (TPSA) is 79.7 Å². The lowest BCUT2D eigenvalue weighted by Gasteiger charge is -2.30. The number of ether oxygens (including phenoxy) is 1. The van der Waals surface area contributed by atoms with Gasteiger partial charge in [-0.1, -0.05) is 18.5 Å². The summed E-state index contributed by atoms with van der Waals surface area (Å²) in [6.45, 7) is 2.72. The van der Waals surface area contributed by atoms with E-state index < -0.39 is 17.9 Å². The predicted octanol–water partition coefficient (Wildman–Crippen LogP) is 1.69. The van der Waals surface area contributed by atoms with Crippen molar-refractivity contribution in [2.24, 2.45) is 5.92 Å². The van der Waals surface area contributed by atoms with Crippen molar-refractivity contribution in [3.05, 3.63) is 29.0 Å². The lowest BCUT2D eigenvalue weighted by atomic mass is 10.0. The molecule has 1 aromatic rings. The van der Waals surface area contributed by atoms with E-state index in [4.69, 9.17) is 16.3 Å². The maximum absolute atomic E-state index is 12.7. The van der Waals surface area contributed by atoms with E-state index in [0.717, 1.165) is 0 Å². The van der Waals surface area contributed by atoms with Gasteiger partial charge in [-0.3, -0.25) is 14.6 Å². The molecule has 1 saturated heterocycles. The first-order chi connectivity index (χ1) is 10.1. The zero-order valence-corrected chi connectivity index (χ0v) is 12.4. The number of carbonyl (C=O) groups excluding carboxylic acids is 1. The van der Waals surface area contributed by atoms with E-state index in [-0.39, 0.29) is 24.7 Å². The molecule has 1 N–H and O–H groups in total. The molecule has 0 radical (unpaired) electrons. The van der Waals surface area contributed by atoms with Crippen LogP contribution in [0.15, 0.2) is 18.5 Å². The van der Waals surface area contributed by atoms with Crippen molar-refractivity contribution in [1.82, 2.24) is 9.88 Å². The second-order valence-corrected chi connectivity index (χ2v) is 5.31. The van der Waals surface area contributed by atoms with Crippen LogP contribution in [0, 0.1) is 5.92 Å². The Morgan fingerprint density at radius 3 is 2.90 bits per heavy atom. The summed E-state index contributed by atoms with van der Waals surface area (Å²) in [5.41, 5.74) is 0.281. The number of hydrogen-bond acceptors (Lipinski definition) is 4. The second kappa shape index (κ2) is 6.87. The fourth-order valence-corrected chi connectivity index (χ4v) is 2.62. The van der Waals surface area contributed by atoms with Crippen LogP contribution in [0.5, 0.6) is 0 Å². The number of halogens is 1. The minimum absolute atomic E-state index is 0.119. The van der Waals surface area contributed by atoms with Crippen molar-refractivity contribution in [2.45, 2.75) is 19.4 Å². The first kappa shape index (κ1) is 15.7. The van der Waals surface area contributed by atoms with Crippen molar-refractivity contribution < 1.29 is 19.4 Å². The molecule has 2 rings (SSSR count). The third-order valence-electron chi connectivity index (χ3n) is 3.49. The smallest absolute Gasteiger partial charge is 0.311 e. The van der Waals surface area contributed by atoms with Gasteiger partial charge in [0.1, 0.15) is 5.92 Å². The molecular weight excluding hydrogens is 296 g/mol. The number of amides is 1. The van der Waals surface area contributed by atoms with E-state index in [2.05, 4.69) is 4.98 Å². The van der Waals surface area contributed by atoms with Gasteiger partial charge in [0.2, 0.25) is 0 Å². The standard InChI is InChI=1S/C14H17ClN2O4/c1-2-5-17(12-8-21-7-10(12)14(19)20)13(18)9-6-16-4-3-11(9)15/h3-4,6,10,12H,2,5,7-8H2,1H3,(H,19,20). The number of rotatable bonds is 5. The average molecular weight is 313 g/mol. The van der Waals surface area contributed by atoms with E-state index in [0.29, 0.717) is 18.0 Å². The number of hydrogen-bond donors (Lipinski definition) is 1. The van der Waals surface area contributed by atoms with Crippen molar-refractivity contribution in [2.75, 3.05) is 19.8 Å². The fourth-order valence-electron chi connectivity index (χ4n) is 2.43. The van der Waals surface area contributed by atoms with Crippen LogP contribution in [0.25, 0.3) is 0 Å². The van der Waals surface area contributed by atoms with Crippen LogP contribution in [-0.2, 0) is 9.53 Å². The van der Waals surface area contributed by atoms with E-state index in [1.54, 1.807) is 6.07 Å². The van der Waals surface area contributed by atoms with Crippen LogP contribution in [-0.4, -0.2) is 52.7 Å². The number of carboxylic acid groups (broad SMARTS) is 1. The van der Waals surface area contributed by atoms with Gasteiger partial charge >= 0.3 is 5.97 Å². The van der Waals surface area contributed by atoms with E-state index in [9.17, 15) is 14.7 Å². The molecular formula is C14H17ClN2O4. The Bertz CT molecular complexity index is 537. The molecule has 0 saturated carbocycles. The predicted molar refractivity (Wildman–Crippen MR) is 76.3 cm³/mol. The van der Waals surface area contributed by atoms with Crippen molar-refractivity contribution in [1.29, 1.82) is 0 Å². The van der Waals surface area contributed by atoms with Gasteiger partial charge in [-0.2, -0.15) is 0 Å². The number of carbonyl (C=O) groups is 2. The largest absolute Gasteiger partial charge is 0.481 e. The molecule has 21 heavy (non-hydrogen) atoms. The molecule has 0 bridgehead atoms. The Morgan fingerprint density at radius 2 is 2.29 bits per heavy atom. The molecule has 114 valence electrons. The lowest BCUT2D eigenvalue weighted by molar-refractivity contribution is -0.142. The summed E-state index contributed by atoms with van der Waals surface area (Å²) >= 11 is 6.03. The van der Waals surface area contributed by atoms with Crippen molar-refractivity contribution in [3.63, 3.8) is 0 Å². The number of nitrogens with zero attached hydrogens (tertiary/aromatic N) is 2. The number of carboxylic acids is 1. The van der Waals surface area contributed by atoms with E-state index >= 15 is 0 Å². The monoisotopic (exact) mass is 312 g/mol. The van der Waals surface area contributed by atoms with Crippen molar-refractivity contribution in [3.8, 4) is 0 Å². The van der Waals surface area contributed by atoms with Gasteiger partial charge in [0, 0.05) is 18.9 Å². The van der Waals surface area contributed by atoms with E-state index in [1.807, 2.05) is 6.92 Å². The average Bonchev–Trinajstić information content (AvgIpc) is 2.94. The van der Waals surface area contributed by atoms with Crippen molar-refractivity contribution >= 4 is 23.5 Å². The molecule has 0 aromatic carbocycles. The maximum Gasteiger partial charge on any atom is 0.311 e. The summed E-state index contributed by atoms with van der Waals surface area (Å²) < 4.78 is 5.25. The molecule has 1 aromatic heterocycles. The molecule has 0 aliphatic carbocycles. The molecule has 1 amide bonds. The highest BCUT2D eigenvalue weighted by molar-refractivity contribution is 6.33. The summed E-state index contributed by atoms with van der Waals surface area (Å²) in [5, 5.41) is 9.56. The molecule has 0 spiro atoms. The maximum atomic E-state index is 12.7. The summed E-state index contributed by atoms with van der Waals surface area (Å²) in [5.74, 6) is -1.98. The normalized spacial score (nSPS) is 21.2. The zero-order valence-electron chi connectivity index (χ0n) is 11.7. The Kier molecular flexibility index (Phi) is 5.14. The number of aliphatic carboxylic acids is 1. The van der Waals surface area contributed by atoms with Gasteiger partial charge < -0.3 is 14.7 Å². The highest BCUT2D eigenvalue weighted by Gasteiger charge is 2.40. The Morgan fingerprint density at radius 1 is 1.52 bits per heavy atom. The van der Waals surface area contributed by atoms with Gasteiger partial charge in [0.15, 0.2) is 0 Å². The first-order valence-corrected chi connectivity index (χ1v) is 7.15. The quantitative estimate of drug-likeness (QED) is 0.895. The third-order valence-corrected chi connectivity index (χ3v) is 3.82. The van der Waals surface area contributed by atoms with Crippen LogP contribution in [0.3, 0.4) is 0 Å². The number of aromatic nitrogens is 1. The van der Waals surface area contributed by atoms with Gasteiger partial charge in [0.05, 0.1) is 29.8 Å². The number of pyridine rings is 1. The third kappa shape index (κ3) is 3.33. The Balaban J connectivity index is 2.28. The first-order valence-electron chi connectivity index (χ1n) is 6.77. The molecule has 2 unspecified atom stereocenters. The zero-order chi connectivity index (χ0) is 15.4. The molecule has 2 atom stereocenters. The fraction of sp³-hybridized carbons (Fsp3) is 0.500. The molecule has 7 heteroatoms. The minimum atomic E-state index is -0.955. The Hall–Kier alpha value is -1.66. The summed E-state index contributed by atoms with van der Waals surface area (Å²) in [7, 11) is 0. The van der Waals surface area contributed by atoms with Gasteiger partial charge in [-0.05, 0) is 12.5 Å². The van der Waals surface area contributed by atoms with E-state index in [1.165, 1.54) is 17.3 Å². The summed E-state index contributed by atoms with van der Waals surface area (Å²) in [6.07, 6.45) is 3.62. The van der Waals surface area contributed by atoms with Gasteiger partial charge in [-0.25, -0.2) is 0 Å². The van der Waals surface area contributed by atoms with Gasteiger partial charge in [-0.15, -0.1) is 0 Å². The summed E-state index contributed by atoms with van der Waals surface area (Å²) in [6, 6.07) is 1.06. The highest BCUT2D eigenvalue weighted by atomic mass is 35.5. The van der Waals surface area contributed by atoms with Crippen LogP contribution in [0.4, 0.5) is 0 Å². The Labute approximate surface area is 127 Å². The molecule has 1 fully saturated rings. The van der Waals surface area contributed by atoms with Crippen LogP contribution >= 0.6 is 11.6 Å². The summed E-state index contributed by atoms with van der Waals surface area (Å²) in [4.78, 5) is 29.4. The SMILES string of the molecule is CCCN(C(=O)c1cnccc1Cl)C1COCC1C(=O)O. The lowest BCUT2D eigenvalue weighted by Crippen LogP contribution is -2.47. The molecule has 1 aliphatic heterocycles. The van der Waals surface area contributed by atoms with Gasteiger partial charge in [0.25, 0.3) is 5.91 Å². The molecule has 2 heterocycles. The second-order valence-electron chi connectivity index (χ2n) is 4.90. The van der Waals surface area contributed by atoms with Crippen LogP contribution in [0.1, 0.15) is 23.7 Å². The van der Waals surface area contributed by atoms with Crippen LogP contribution in [0.2, 0.25) is 5.02 Å². The molecule has 1 aliphatic rings. The van der Waals surface area contributed by atoms with Crippen LogP contribution < -0.4 is 0 Å². The minimum Gasteiger partial charge on any atom is -0.481 e. The molecule has 6 nitrogen and oxygen atoms in total.